The Kier molecular flexibility index (Phi) is 4.59. The van der Waals surface area contributed by atoms with Crippen LogP contribution in [0.5, 0.6) is 17.4 Å². The van der Waals surface area contributed by atoms with Gasteiger partial charge in [-0.05, 0) is 38.5 Å². The van der Waals surface area contributed by atoms with Crippen molar-refractivity contribution >= 4 is 27.5 Å². The van der Waals surface area contributed by atoms with Crippen LogP contribution in [0.1, 0.15) is 26.6 Å². The third-order valence-electron chi connectivity index (χ3n) is 3.91. The molecular weight excluding hydrogens is 340 g/mol. The highest BCUT2D eigenvalue weighted by atomic mass is 32.1. The predicted molar refractivity (Wildman–Crippen MR) is 96.0 cm³/mol. The number of rotatable bonds is 4. The zero-order chi connectivity index (χ0) is 18.1. The standard InChI is InChI=1S/C18H18N2O4S/c1-9-10(2)25-17-15(9)16(19-11(3)20-17)24-14-8-12(22-4)6-7-13(14)18(21)23-5/h6-8H,1-5H3. The molecule has 0 atom stereocenters. The first-order valence-electron chi connectivity index (χ1n) is 7.63. The summed E-state index contributed by atoms with van der Waals surface area (Å²) in [6.45, 7) is 5.85. The monoisotopic (exact) mass is 358 g/mol. The normalized spacial score (nSPS) is 10.8. The fourth-order valence-corrected chi connectivity index (χ4v) is 3.55. The number of aryl methyl sites for hydroxylation is 3. The SMILES string of the molecule is COC(=O)c1ccc(OC)cc1Oc1nc(C)nc2sc(C)c(C)c12. The molecule has 0 bridgehead atoms. The quantitative estimate of drug-likeness (QED) is 0.651. The van der Waals surface area contributed by atoms with Gasteiger partial charge < -0.3 is 14.2 Å². The van der Waals surface area contributed by atoms with Gasteiger partial charge in [-0.1, -0.05) is 0 Å². The molecule has 0 aliphatic carbocycles. The molecule has 0 saturated carbocycles. The summed E-state index contributed by atoms with van der Waals surface area (Å²) in [5.41, 5.74) is 1.37. The number of esters is 1. The summed E-state index contributed by atoms with van der Waals surface area (Å²) in [6.07, 6.45) is 0. The summed E-state index contributed by atoms with van der Waals surface area (Å²) in [7, 11) is 2.88. The molecule has 0 aliphatic rings. The van der Waals surface area contributed by atoms with Crippen LogP contribution >= 0.6 is 11.3 Å². The van der Waals surface area contributed by atoms with Crippen LogP contribution in [-0.4, -0.2) is 30.2 Å². The molecule has 2 aromatic heterocycles. The number of hydrogen-bond acceptors (Lipinski definition) is 7. The van der Waals surface area contributed by atoms with Gasteiger partial charge in [0.25, 0.3) is 0 Å². The zero-order valence-electron chi connectivity index (χ0n) is 14.7. The average molecular weight is 358 g/mol. The van der Waals surface area contributed by atoms with Crippen LogP contribution in [0.2, 0.25) is 0 Å². The van der Waals surface area contributed by atoms with E-state index in [4.69, 9.17) is 14.2 Å². The lowest BCUT2D eigenvalue weighted by atomic mass is 10.2. The van der Waals surface area contributed by atoms with Gasteiger partial charge in [-0.25, -0.2) is 9.78 Å². The molecule has 0 fully saturated rings. The van der Waals surface area contributed by atoms with Gasteiger partial charge in [0.1, 0.15) is 27.7 Å². The number of carbonyl (C=O) groups is 1. The average Bonchev–Trinajstić information content (AvgIpc) is 2.88. The van der Waals surface area contributed by atoms with E-state index in [0.717, 1.165) is 20.7 Å². The maximum absolute atomic E-state index is 12.1. The van der Waals surface area contributed by atoms with Crippen molar-refractivity contribution in [3.63, 3.8) is 0 Å². The second kappa shape index (κ2) is 6.68. The van der Waals surface area contributed by atoms with Crippen molar-refractivity contribution in [2.45, 2.75) is 20.8 Å². The lowest BCUT2D eigenvalue weighted by Crippen LogP contribution is -2.05. The van der Waals surface area contributed by atoms with E-state index in [1.165, 1.54) is 7.11 Å². The number of carbonyl (C=O) groups excluding carboxylic acids is 1. The molecule has 130 valence electrons. The second-order valence-corrected chi connectivity index (χ2v) is 6.70. The summed E-state index contributed by atoms with van der Waals surface area (Å²) >= 11 is 1.59. The van der Waals surface area contributed by atoms with Crippen LogP contribution in [-0.2, 0) is 4.74 Å². The first-order chi connectivity index (χ1) is 11.9. The summed E-state index contributed by atoms with van der Waals surface area (Å²) in [4.78, 5) is 23.0. The fraction of sp³-hybridized carbons (Fsp3) is 0.278. The number of benzene rings is 1. The number of thiophene rings is 1. The number of hydrogen-bond donors (Lipinski definition) is 0. The minimum Gasteiger partial charge on any atom is -0.497 e. The van der Waals surface area contributed by atoms with E-state index in [1.807, 2.05) is 20.8 Å². The molecule has 1 aromatic carbocycles. The van der Waals surface area contributed by atoms with Crippen LogP contribution in [0.25, 0.3) is 10.2 Å². The minimum atomic E-state index is -0.488. The third-order valence-corrected chi connectivity index (χ3v) is 5.01. The number of fused-ring (bicyclic) bond motifs is 1. The Morgan fingerprint density at radius 1 is 1.12 bits per heavy atom. The molecule has 2 heterocycles. The van der Waals surface area contributed by atoms with Gasteiger partial charge in [-0.3, -0.25) is 0 Å². The van der Waals surface area contributed by atoms with Gasteiger partial charge in [0.2, 0.25) is 5.88 Å². The zero-order valence-corrected chi connectivity index (χ0v) is 15.5. The molecular formula is C18H18N2O4S. The fourth-order valence-electron chi connectivity index (χ4n) is 2.49. The molecule has 25 heavy (non-hydrogen) atoms. The van der Waals surface area contributed by atoms with Crippen LogP contribution in [0.15, 0.2) is 18.2 Å². The molecule has 3 rings (SSSR count). The molecule has 0 radical (unpaired) electrons. The van der Waals surface area contributed by atoms with Crippen molar-refractivity contribution in [3.05, 3.63) is 40.0 Å². The van der Waals surface area contributed by atoms with Gasteiger partial charge in [-0.2, -0.15) is 4.98 Å². The molecule has 0 N–H and O–H groups in total. The Morgan fingerprint density at radius 2 is 1.88 bits per heavy atom. The molecule has 0 unspecified atom stereocenters. The summed E-state index contributed by atoms with van der Waals surface area (Å²) in [5.74, 6) is 1.43. The van der Waals surface area contributed by atoms with Crippen molar-refractivity contribution in [1.82, 2.24) is 9.97 Å². The van der Waals surface area contributed by atoms with Gasteiger partial charge in [0, 0.05) is 10.9 Å². The van der Waals surface area contributed by atoms with Crippen molar-refractivity contribution in [2.75, 3.05) is 14.2 Å². The summed E-state index contributed by atoms with van der Waals surface area (Å²) in [6, 6.07) is 4.93. The lowest BCUT2D eigenvalue weighted by Gasteiger charge is -2.12. The Morgan fingerprint density at radius 3 is 2.56 bits per heavy atom. The maximum atomic E-state index is 12.1. The molecule has 0 aliphatic heterocycles. The van der Waals surface area contributed by atoms with Crippen molar-refractivity contribution in [3.8, 4) is 17.4 Å². The van der Waals surface area contributed by atoms with Gasteiger partial charge in [-0.15, -0.1) is 11.3 Å². The van der Waals surface area contributed by atoms with Crippen molar-refractivity contribution in [2.24, 2.45) is 0 Å². The van der Waals surface area contributed by atoms with Crippen molar-refractivity contribution in [1.29, 1.82) is 0 Å². The number of aromatic nitrogens is 2. The molecule has 6 nitrogen and oxygen atoms in total. The minimum absolute atomic E-state index is 0.303. The van der Waals surface area contributed by atoms with Crippen LogP contribution < -0.4 is 9.47 Å². The summed E-state index contributed by atoms with van der Waals surface area (Å²) in [5, 5.41) is 0.853. The van der Waals surface area contributed by atoms with Crippen LogP contribution in [0, 0.1) is 20.8 Å². The highest BCUT2D eigenvalue weighted by Gasteiger charge is 2.19. The maximum Gasteiger partial charge on any atom is 0.341 e. The van der Waals surface area contributed by atoms with Crippen LogP contribution in [0.4, 0.5) is 0 Å². The molecule has 7 heteroatoms. The molecule has 0 saturated heterocycles. The lowest BCUT2D eigenvalue weighted by molar-refractivity contribution is 0.0598. The third kappa shape index (κ3) is 3.15. The van der Waals surface area contributed by atoms with E-state index >= 15 is 0 Å². The van der Waals surface area contributed by atoms with E-state index in [2.05, 4.69) is 9.97 Å². The Bertz CT molecular complexity index is 965. The highest BCUT2D eigenvalue weighted by molar-refractivity contribution is 7.18. The van der Waals surface area contributed by atoms with Gasteiger partial charge in [0.15, 0.2) is 0 Å². The number of methoxy groups -OCH3 is 2. The summed E-state index contributed by atoms with van der Waals surface area (Å²) < 4.78 is 16.1. The number of ether oxygens (including phenoxy) is 3. The van der Waals surface area contributed by atoms with E-state index in [-0.39, 0.29) is 0 Å². The Hall–Kier alpha value is -2.67. The van der Waals surface area contributed by atoms with E-state index in [1.54, 1.807) is 36.6 Å². The first kappa shape index (κ1) is 17.2. The highest BCUT2D eigenvalue weighted by Crippen LogP contribution is 2.38. The predicted octanol–water partition coefficient (Wildman–Crippen LogP) is 4.20. The number of nitrogens with zero attached hydrogens (tertiary/aromatic N) is 2. The van der Waals surface area contributed by atoms with E-state index < -0.39 is 5.97 Å². The second-order valence-electron chi connectivity index (χ2n) is 5.50. The van der Waals surface area contributed by atoms with Gasteiger partial charge >= 0.3 is 5.97 Å². The van der Waals surface area contributed by atoms with E-state index in [9.17, 15) is 4.79 Å². The molecule has 0 amide bonds. The van der Waals surface area contributed by atoms with Crippen molar-refractivity contribution < 1.29 is 19.0 Å². The molecule has 0 spiro atoms. The first-order valence-corrected chi connectivity index (χ1v) is 8.44. The largest absolute Gasteiger partial charge is 0.497 e. The Labute approximate surface area is 149 Å². The van der Waals surface area contributed by atoms with Crippen LogP contribution in [0.3, 0.4) is 0 Å². The van der Waals surface area contributed by atoms with E-state index in [0.29, 0.717) is 28.8 Å². The smallest absolute Gasteiger partial charge is 0.341 e. The Balaban J connectivity index is 2.17. The molecule has 3 aromatic rings. The van der Waals surface area contributed by atoms with Gasteiger partial charge in [0.05, 0.1) is 19.6 Å². The topological polar surface area (TPSA) is 70.5 Å².